The van der Waals surface area contributed by atoms with Crippen molar-refractivity contribution in [3.05, 3.63) is 29.8 Å². The summed E-state index contributed by atoms with van der Waals surface area (Å²) in [4.78, 5) is 13.7. The number of carbonyl (C=O) groups is 1. The van der Waals surface area contributed by atoms with Gasteiger partial charge in [-0.2, -0.15) is 0 Å². The molecule has 110 valence electrons. The molecule has 2 N–H and O–H groups in total. The summed E-state index contributed by atoms with van der Waals surface area (Å²) in [7, 11) is 0. The van der Waals surface area contributed by atoms with Crippen LogP contribution in [-0.4, -0.2) is 34.7 Å². The number of urea groups is 1. The molecular formula is C14H18F2N2O2. The minimum absolute atomic E-state index is 0.0633. The Bertz CT molecular complexity index is 494. The van der Waals surface area contributed by atoms with Gasteiger partial charge in [-0.05, 0) is 38.3 Å². The van der Waals surface area contributed by atoms with E-state index in [1.165, 1.54) is 12.1 Å². The van der Waals surface area contributed by atoms with Gasteiger partial charge in [-0.15, -0.1) is 0 Å². The molecule has 2 unspecified atom stereocenters. The molecule has 1 saturated heterocycles. The van der Waals surface area contributed by atoms with Gasteiger partial charge in [0.2, 0.25) is 0 Å². The highest BCUT2D eigenvalue weighted by Crippen LogP contribution is 2.23. The number of nitrogens with zero attached hydrogens (tertiary/aromatic N) is 1. The van der Waals surface area contributed by atoms with Crippen molar-refractivity contribution in [2.75, 3.05) is 11.9 Å². The number of benzene rings is 1. The highest BCUT2D eigenvalue weighted by Gasteiger charge is 2.30. The monoisotopic (exact) mass is 284 g/mol. The number of carbonyl (C=O) groups excluding carboxylic acids is 1. The lowest BCUT2D eigenvalue weighted by Crippen LogP contribution is -2.40. The third-order valence-corrected chi connectivity index (χ3v) is 3.44. The Morgan fingerprint density at radius 1 is 1.55 bits per heavy atom. The van der Waals surface area contributed by atoms with Crippen molar-refractivity contribution < 1.29 is 18.7 Å². The summed E-state index contributed by atoms with van der Waals surface area (Å²) in [5, 5.41) is 11.8. The summed E-state index contributed by atoms with van der Waals surface area (Å²) in [5.41, 5.74) is -0.169. The maximum Gasteiger partial charge on any atom is 0.322 e. The second kappa shape index (κ2) is 6.17. The average Bonchev–Trinajstić information content (AvgIpc) is 2.82. The highest BCUT2D eigenvalue weighted by molar-refractivity contribution is 5.89. The second-order valence-corrected chi connectivity index (χ2v) is 5.11. The molecule has 2 atom stereocenters. The number of halogens is 2. The summed E-state index contributed by atoms with van der Waals surface area (Å²) >= 11 is 0. The van der Waals surface area contributed by atoms with Gasteiger partial charge in [0, 0.05) is 12.6 Å². The number of hydrogen-bond donors (Lipinski definition) is 2. The van der Waals surface area contributed by atoms with Crippen LogP contribution in [0.3, 0.4) is 0 Å². The molecule has 1 heterocycles. The Morgan fingerprint density at radius 3 is 3.00 bits per heavy atom. The zero-order valence-corrected chi connectivity index (χ0v) is 11.3. The summed E-state index contributed by atoms with van der Waals surface area (Å²) in [6.07, 6.45) is 1.64. The normalized spacial score (nSPS) is 20.0. The first kappa shape index (κ1) is 14.7. The molecule has 0 aromatic heterocycles. The fourth-order valence-electron chi connectivity index (χ4n) is 2.53. The quantitative estimate of drug-likeness (QED) is 0.896. The molecule has 20 heavy (non-hydrogen) atoms. The van der Waals surface area contributed by atoms with Crippen molar-refractivity contribution in [2.24, 2.45) is 0 Å². The molecule has 0 aliphatic carbocycles. The molecule has 2 amide bonds. The minimum atomic E-state index is -1.06. The van der Waals surface area contributed by atoms with Gasteiger partial charge in [0.05, 0.1) is 11.8 Å². The number of anilines is 1. The lowest BCUT2D eigenvalue weighted by Gasteiger charge is -2.26. The van der Waals surface area contributed by atoms with E-state index in [0.29, 0.717) is 13.0 Å². The van der Waals surface area contributed by atoms with Gasteiger partial charge in [-0.25, -0.2) is 13.6 Å². The largest absolute Gasteiger partial charge is 0.393 e. The molecule has 0 spiro atoms. The lowest BCUT2D eigenvalue weighted by atomic mass is 10.1. The molecule has 0 radical (unpaired) electrons. The summed E-state index contributed by atoms with van der Waals surface area (Å²) < 4.78 is 26.6. The summed E-state index contributed by atoms with van der Waals surface area (Å²) in [5.74, 6) is -2.06. The molecule has 2 rings (SSSR count). The molecule has 1 aromatic carbocycles. The van der Waals surface area contributed by atoms with Crippen molar-refractivity contribution in [3.63, 3.8) is 0 Å². The molecule has 1 aromatic rings. The fourth-order valence-corrected chi connectivity index (χ4v) is 2.53. The first-order valence-corrected chi connectivity index (χ1v) is 6.68. The fraction of sp³-hybridized carbons (Fsp3) is 0.500. The molecule has 4 nitrogen and oxygen atoms in total. The van der Waals surface area contributed by atoms with Crippen LogP contribution in [0.25, 0.3) is 0 Å². The van der Waals surface area contributed by atoms with Gasteiger partial charge in [0.1, 0.15) is 0 Å². The van der Waals surface area contributed by atoms with Crippen LogP contribution in [0, 0.1) is 11.6 Å². The molecule has 0 bridgehead atoms. The Morgan fingerprint density at radius 2 is 2.30 bits per heavy atom. The number of rotatable bonds is 3. The Hall–Kier alpha value is -1.69. The first-order valence-electron chi connectivity index (χ1n) is 6.68. The zero-order valence-electron chi connectivity index (χ0n) is 11.3. The topological polar surface area (TPSA) is 52.6 Å². The van der Waals surface area contributed by atoms with E-state index in [1.54, 1.807) is 11.8 Å². The number of nitrogens with one attached hydrogen (secondary N) is 1. The minimum Gasteiger partial charge on any atom is -0.393 e. The predicted octanol–water partition coefficient (Wildman–Crippen LogP) is 2.73. The van der Waals surface area contributed by atoms with Crippen molar-refractivity contribution >= 4 is 11.7 Å². The second-order valence-electron chi connectivity index (χ2n) is 5.11. The standard InChI is InChI=1S/C14H18F2N2O2/c1-9(19)8-10-4-3-7-18(10)14(20)17-12-6-2-5-11(15)13(12)16/h2,5-6,9-10,19H,3-4,7-8H2,1H3,(H,17,20). The average molecular weight is 284 g/mol. The molecule has 1 aliphatic heterocycles. The van der Waals surface area contributed by atoms with Crippen LogP contribution in [0.15, 0.2) is 18.2 Å². The maximum atomic E-state index is 13.5. The van der Waals surface area contributed by atoms with Crippen LogP contribution in [-0.2, 0) is 0 Å². The van der Waals surface area contributed by atoms with E-state index in [4.69, 9.17) is 0 Å². The van der Waals surface area contributed by atoms with Gasteiger partial charge in [-0.3, -0.25) is 0 Å². The van der Waals surface area contributed by atoms with E-state index in [9.17, 15) is 18.7 Å². The van der Waals surface area contributed by atoms with Crippen LogP contribution in [0.1, 0.15) is 26.2 Å². The van der Waals surface area contributed by atoms with Gasteiger partial charge in [0.25, 0.3) is 0 Å². The molecule has 6 heteroatoms. The van der Waals surface area contributed by atoms with Crippen LogP contribution >= 0.6 is 0 Å². The number of likely N-dealkylation sites (tertiary alicyclic amines) is 1. The first-order chi connectivity index (χ1) is 9.49. The van der Waals surface area contributed by atoms with E-state index >= 15 is 0 Å². The van der Waals surface area contributed by atoms with E-state index in [0.717, 1.165) is 18.9 Å². The molecule has 0 saturated carbocycles. The van der Waals surface area contributed by atoms with E-state index in [1.807, 2.05) is 0 Å². The summed E-state index contributed by atoms with van der Waals surface area (Å²) in [6.45, 7) is 2.22. The van der Waals surface area contributed by atoms with E-state index < -0.39 is 23.8 Å². The SMILES string of the molecule is CC(O)CC1CCCN1C(=O)Nc1cccc(F)c1F. The Labute approximate surface area is 116 Å². The van der Waals surface area contributed by atoms with Gasteiger partial charge < -0.3 is 15.3 Å². The predicted molar refractivity (Wildman–Crippen MR) is 71.4 cm³/mol. The smallest absolute Gasteiger partial charge is 0.322 e. The zero-order chi connectivity index (χ0) is 14.7. The van der Waals surface area contributed by atoms with Crippen LogP contribution in [0.2, 0.25) is 0 Å². The van der Waals surface area contributed by atoms with Crippen molar-refractivity contribution in [1.82, 2.24) is 4.90 Å². The van der Waals surface area contributed by atoms with Crippen molar-refractivity contribution in [1.29, 1.82) is 0 Å². The van der Waals surface area contributed by atoms with Gasteiger partial charge >= 0.3 is 6.03 Å². The van der Waals surface area contributed by atoms with Crippen LogP contribution in [0.4, 0.5) is 19.3 Å². The molecular weight excluding hydrogens is 266 g/mol. The van der Waals surface area contributed by atoms with Gasteiger partial charge in [-0.1, -0.05) is 6.07 Å². The molecule has 1 aliphatic rings. The number of amides is 2. The van der Waals surface area contributed by atoms with Crippen LogP contribution in [0.5, 0.6) is 0 Å². The maximum absolute atomic E-state index is 13.5. The molecule has 1 fully saturated rings. The Kier molecular flexibility index (Phi) is 4.54. The third-order valence-electron chi connectivity index (χ3n) is 3.44. The number of aliphatic hydroxyl groups excluding tert-OH is 1. The highest BCUT2D eigenvalue weighted by atomic mass is 19.2. The lowest BCUT2D eigenvalue weighted by molar-refractivity contribution is 0.142. The van der Waals surface area contributed by atoms with Crippen molar-refractivity contribution in [2.45, 2.75) is 38.3 Å². The third kappa shape index (κ3) is 3.25. The number of aliphatic hydroxyl groups is 1. The number of hydrogen-bond acceptors (Lipinski definition) is 2. The van der Waals surface area contributed by atoms with Gasteiger partial charge in [0.15, 0.2) is 11.6 Å². The van der Waals surface area contributed by atoms with Crippen LogP contribution < -0.4 is 5.32 Å². The Balaban J connectivity index is 2.06. The van der Waals surface area contributed by atoms with E-state index in [2.05, 4.69) is 5.32 Å². The van der Waals surface area contributed by atoms with E-state index in [-0.39, 0.29) is 11.7 Å². The summed E-state index contributed by atoms with van der Waals surface area (Å²) in [6, 6.07) is 3.13. The van der Waals surface area contributed by atoms with Crippen molar-refractivity contribution in [3.8, 4) is 0 Å².